The molecule has 0 saturated carbocycles. The molecule has 0 radical (unpaired) electrons. The summed E-state index contributed by atoms with van der Waals surface area (Å²) in [4.78, 5) is 10.3. The van der Waals surface area contributed by atoms with Crippen LogP contribution in [0.15, 0.2) is 24.3 Å². The van der Waals surface area contributed by atoms with Crippen LogP contribution in [0.2, 0.25) is 0 Å². The van der Waals surface area contributed by atoms with Crippen molar-refractivity contribution in [3.05, 3.63) is 35.4 Å². The van der Waals surface area contributed by atoms with Crippen LogP contribution in [0.25, 0.3) is 0 Å². The molecule has 4 N–H and O–H groups in total. The van der Waals surface area contributed by atoms with Crippen molar-refractivity contribution in [2.45, 2.75) is 6.54 Å². The highest BCUT2D eigenvalue weighted by molar-refractivity contribution is 5.75. The lowest BCUT2D eigenvalue weighted by Crippen LogP contribution is -2.29. The first-order valence-corrected chi connectivity index (χ1v) is 3.84. The van der Waals surface area contributed by atoms with Crippen LogP contribution in [-0.2, 0) is 6.54 Å². The van der Waals surface area contributed by atoms with E-state index in [1.165, 1.54) is 0 Å². The number of hydrogen-bond donors (Lipinski definition) is 3. The molecule has 0 aliphatic rings. The molecule has 0 unspecified atom stereocenters. The van der Waals surface area contributed by atoms with Gasteiger partial charge in [0.05, 0.1) is 0 Å². The summed E-state index contributed by atoms with van der Waals surface area (Å²) in [6.07, 6.45) is 0.794. The van der Waals surface area contributed by atoms with Crippen molar-refractivity contribution >= 4 is 12.2 Å². The van der Waals surface area contributed by atoms with E-state index in [1.54, 1.807) is 12.1 Å². The summed E-state index contributed by atoms with van der Waals surface area (Å²) in [7, 11) is 0. The molecule has 0 spiro atoms. The molecule has 0 bridgehead atoms. The van der Waals surface area contributed by atoms with Crippen LogP contribution < -0.4 is 11.1 Å². The van der Waals surface area contributed by atoms with Gasteiger partial charge in [-0.1, -0.05) is 24.3 Å². The summed E-state index contributed by atoms with van der Waals surface area (Å²) in [5.41, 5.74) is 6.74. The maximum atomic E-state index is 10.3. The lowest BCUT2D eigenvalue weighted by molar-refractivity contribution is 0.112. The first kappa shape index (κ1) is 9.25. The first-order valence-electron chi connectivity index (χ1n) is 3.84. The van der Waals surface area contributed by atoms with Crippen LogP contribution in [0.3, 0.4) is 0 Å². The van der Waals surface area contributed by atoms with Crippen molar-refractivity contribution < 1.29 is 4.79 Å². The smallest absolute Gasteiger partial charge is 0.185 e. The Bertz CT molecular complexity index is 305. The van der Waals surface area contributed by atoms with Crippen LogP contribution in [0, 0.1) is 5.41 Å². The van der Waals surface area contributed by atoms with Crippen molar-refractivity contribution in [3.8, 4) is 0 Å². The summed E-state index contributed by atoms with van der Waals surface area (Å²) < 4.78 is 0. The molecule has 4 heteroatoms. The predicted molar refractivity (Wildman–Crippen MR) is 50.6 cm³/mol. The van der Waals surface area contributed by atoms with Crippen LogP contribution >= 0.6 is 0 Å². The first-order chi connectivity index (χ1) is 6.22. The highest BCUT2D eigenvalue weighted by atomic mass is 16.1. The normalized spacial score (nSPS) is 9.23. The minimum atomic E-state index is -0.0561. The zero-order valence-electron chi connectivity index (χ0n) is 7.08. The molecule has 0 saturated heterocycles. The Kier molecular flexibility index (Phi) is 3.03. The monoisotopic (exact) mass is 177 g/mol. The summed E-state index contributed by atoms with van der Waals surface area (Å²) >= 11 is 0. The van der Waals surface area contributed by atoms with Gasteiger partial charge in [0, 0.05) is 12.1 Å². The number of hydrogen-bond acceptors (Lipinski definition) is 2. The second-order valence-corrected chi connectivity index (χ2v) is 2.63. The van der Waals surface area contributed by atoms with E-state index in [1.807, 2.05) is 12.1 Å². The van der Waals surface area contributed by atoms with E-state index in [0.717, 1.165) is 11.8 Å². The highest BCUT2D eigenvalue weighted by Crippen LogP contribution is 2.01. The van der Waals surface area contributed by atoms with Gasteiger partial charge in [-0.05, 0) is 5.56 Å². The van der Waals surface area contributed by atoms with Crippen molar-refractivity contribution in [3.63, 3.8) is 0 Å². The fraction of sp³-hybridized carbons (Fsp3) is 0.111. The average molecular weight is 177 g/mol. The van der Waals surface area contributed by atoms with Crippen LogP contribution in [-0.4, -0.2) is 12.2 Å². The molecule has 1 aromatic carbocycles. The fourth-order valence-corrected chi connectivity index (χ4v) is 0.911. The fourth-order valence-electron chi connectivity index (χ4n) is 0.911. The molecule has 0 aliphatic carbocycles. The van der Waals surface area contributed by atoms with Crippen molar-refractivity contribution in [2.75, 3.05) is 0 Å². The van der Waals surface area contributed by atoms with E-state index in [9.17, 15) is 4.79 Å². The molecule has 1 aromatic rings. The third kappa shape index (κ3) is 2.94. The molecule has 1 rings (SSSR count). The van der Waals surface area contributed by atoms with E-state index in [2.05, 4.69) is 5.32 Å². The van der Waals surface area contributed by atoms with Gasteiger partial charge in [0.15, 0.2) is 5.96 Å². The standard InChI is InChI=1S/C9H11N3O/c10-9(11)12-5-7-1-3-8(6-13)4-2-7/h1-4,6H,5H2,(H4,10,11,12). The summed E-state index contributed by atoms with van der Waals surface area (Å²) in [5, 5.41) is 9.60. The van der Waals surface area contributed by atoms with Gasteiger partial charge in [0.1, 0.15) is 6.29 Å². The molecule has 4 nitrogen and oxygen atoms in total. The van der Waals surface area contributed by atoms with Crippen LogP contribution in [0.1, 0.15) is 15.9 Å². The van der Waals surface area contributed by atoms with Gasteiger partial charge in [-0.2, -0.15) is 0 Å². The summed E-state index contributed by atoms with van der Waals surface area (Å²) in [6, 6.07) is 7.09. The number of aldehydes is 1. The molecular formula is C9H11N3O. The number of nitrogens with one attached hydrogen (secondary N) is 2. The van der Waals surface area contributed by atoms with Gasteiger partial charge in [-0.15, -0.1) is 0 Å². The Balaban J connectivity index is 2.59. The number of rotatable bonds is 3. The SMILES string of the molecule is N=C(N)NCc1ccc(C=O)cc1. The van der Waals surface area contributed by atoms with Gasteiger partial charge < -0.3 is 11.1 Å². The lowest BCUT2D eigenvalue weighted by Gasteiger charge is -2.03. The molecule has 13 heavy (non-hydrogen) atoms. The molecule has 68 valence electrons. The lowest BCUT2D eigenvalue weighted by atomic mass is 10.1. The zero-order valence-corrected chi connectivity index (χ0v) is 7.08. The molecule has 0 aromatic heterocycles. The topological polar surface area (TPSA) is 79.0 Å². The van der Waals surface area contributed by atoms with Gasteiger partial charge in [0.2, 0.25) is 0 Å². The van der Waals surface area contributed by atoms with Crippen LogP contribution in [0.4, 0.5) is 0 Å². The molecule has 0 fully saturated rings. The second kappa shape index (κ2) is 4.25. The molecular weight excluding hydrogens is 166 g/mol. The Morgan fingerprint density at radius 2 is 2.08 bits per heavy atom. The third-order valence-electron chi connectivity index (χ3n) is 1.60. The van der Waals surface area contributed by atoms with Crippen molar-refractivity contribution in [1.82, 2.24) is 5.32 Å². The molecule has 0 heterocycles. The number of carbonyl (C=O) groups excluding carboxylic acids is 1. The number of benzene rings is 1. The molecule has 0 atom stereocenters. The Hall–Kier alpha value is -1.84. The number of guanidine groups is 1. The predicted octanol–water partition coefficient (Wildman–Crippen LogP) is 0.482. The highest BCUT2D eigenvalue weighted by Gasteiger charge is 1.93. The van der Waals surface area contributed by atoms with Gasteiger partial charge in [-0.25, -0.2) is 0 Å². The minimum Gasteiger partial charge on any atom is -0.370 e. The van der Waals surface area contributed by atoms with Gasteiger partial charge >= 0.3 is 0 Å². The van der Waals surface area contributed by atoms with Crippen LogP contribution in [0.5, 0.6) is 0 Å². The quantitative estimate of drug-likeness (QED) is 0.357. The number of carbonyl (C=O) groups is 1. The average Bonchev–Trinajstić information content (AvgIpc) is 2.15. The van der Waals surface area contributed by atoms with E-state index in [4.69, 9.17) is 11.1 Å². The minimum absolute atomic E-state index is 0.0561. The van der Waals surface area contributed by atoms with E-state index >= 15 is 0 Å². The van der Waals surface area contributed by atoms with E-state index in [0.29, 0.717) is 12.1 Å². The Labute approximate surface area is 76.3 Å². The van der Waals surface area contributed by atoms with E-state index < -0.39 is 0 Å². The second-order valence-electron chi connectivity index (χ2n) is 2.63. The molecule has 0 aliphatic heterocycles. The zero-order chi connectivity index (χ0) is 9.68. The van der Waals surface area contributed by atoms with Gasteiger partial charge in [-0.3, -0.25) is 10.2 Å². The molecule has 0 amide bonds. The van der Waals surface area contributed by atoms with E-state index in [-0.39, 0.29) is 5.96 Å². The largest absolute Gasteiger partial charge is 0.370 e. The Morgan fingerprint density at radius 3 is 2.54 bits per heavy atom. The van der Waals surface area contributed by atoms with Gasteiger partial charge in [0.25, 0.3) is 0 Å². The maximum Gasteiger partial charge on any atom is 0.185 e. The third-order valence-corrected chi connectivity index (χ3v) is 1.60. The Morgan fingerprint density at radius 1 is 1.46 bits per heavy atom. The van der Waals surface area contributed by atoms with Crippen molar-refractivity contribution in [1.29, 1.82) is 5.41 Å². The summed E-state index contributed by atoms with van der Waals surface area (Å²) in [5.74, 6) is -0.0561. The maximum absolute atomic E-state index is 10.3. The van der Waals surface area contributed by atoms with Crippen molar-refractivity contribution in [2.24, 2.45) is 5.73 Å². The summed E-state index contributed by atoms with van der Waals surface area (Å²) in [6.45, 7) is 0.508. The number of nitrogens with two attached hydrogens (primary N) is 1.